The van der Waals surface area contributed by atoms with Crippen molar-refractivity contribution in [2.24, 2.45) is 0 Å². The monoisotopic (exact) mass is 442 g/mol. The molecule has 0 saturated carbocycles. The zero-order valence-electron chi connectivity index (χ0n) is 19.4. The van der Waals surface area contributed by atoms with Crippen LogP contribution >= 0.6 is 0 Å². The summed E-state index contributed by atoms with van der Waals surface area (Å²) in [5, 5.41) is 3.17. The van der Waals surface area contributed by atoms with Crippen molar-refractivity contribution < 1.29 is 19.1 Å². The molecule has 4 rings (SSSR count). The second kappa shape index (κ2) is 8.82. The molecule has 1 aliphatic heterocycles. The number of amides is 2. The zero-order chi connectivity index (χ0) is 23.7. The van der Waals surface area contributed by atoms with Crippen LogP contribution in [0.15, 0.2) is 66.4 Å². The van der Waals surface area contributed by atoms with Crippen LogP contribution in [0.1, 0.15) is 22.3 Å². The Balaban J connectivity index is 1.86. The van der Waals surface area contributed by atoms with E-state index in [9.17, 15) is 9.59 Å². The Bertz CT molecular complexity index is 1280. The highest BCUT2D eigenvalue weighted by atomic mass is 16.5. The number of anilines is 2. The summed E-state index contributed by atoms with van der Waals surface area (Å²) in [6.45, 7) is 5.92. The summed E-state index contributed by atoms with van der Waals surface area (Å²) in [5.41, 5.74) is 5.37. The van der Waals surface area contributed by atoms with Crippen molar-refractivity contribution in [3.05, 3.63) is 88.6 Å². The first kappa shape index (κ1) is 22.1. The minimum atomic E-state index is -0.427. The summed E-state index contributed by atoms with van der Waals surface area (Å²) < 4.78 is 10.8. The second-order valence-electron chi connectivity index (χ2n) is 8.02. The molecular formula is C27H26N2O4. The maximum atomic E-state index is 13.6. The van der Waals surface area contributed by atoms with Crippen molar-refractivity contribution >= 4 is 28.8 Å². The van der Waals surface area contributed by atoms with E-state index in [1.807, 2.05) is 57.2 Å². The van der Waals surface area contributed by atoms with Crippen LogP contribution in [0.5, 0.6) is 11.5 Å². The van der Waals surface area contributed by atoms with E-state index in [0.29, 0.717) is 34.0 Å². The molecule has 0 spiro atoms. The summed E-state index contributed by atoms with van der Waals surface area (Å²) in [6.07, 6.45) is 0. The minimum Gasteiger partial charge on any atom is -0.497 e. The predicted molar refractivity (Wildman–Crippen MR) is 130 cm³/mol. The first-order chi connectivity index (χ1) is 15.8. The number of nitrogens with zero attached hydrogens (tertiary/aromatic N) is 1. The average molecular weight is 443 g/mol. The molecule has 1 aliphatic rings. The van der Waals surface area contributed by atoms with Gasteiger partial charge in [0.1, 0.15) is 17.2 Å². The number of carbonyl (C=O) groups is 2. The number of hydrogen-bond donors (Lipinski definition) is 1. The molecule has 33 heavy (non-hydrogen) atoms. The van der Waals surface area contributed by atoms with Crippen LogP contribution in [-0.4, -0.2) is 26.0 Å². The molecular weight excluding hydrogens is 416 g/mol. The molecule has 0 aromatic heterocycles. The van der Waals surface area contributed by atoms with Crippen molar-refractivity contribution in [3.8, 4) is 11.5 Å². The smallest absolute Gasteiger partial charge is 0.282 e. The number of carbonyl (C=O) groups excluding carboxylic acids is 2. The predicted octanol–water partition coefficient (Wildman–Crippen LogP) is 5.03. The Morgan fingerprint density at radius 1 is 0.758 bits per heavy atom. The number of nitrogens with one attached hydrogen (secondary N) is 1. The number of methoxy groups -OCH3 is 2. The Hall–Kier alpha value is -4.06. The van der Waals surface area contributed by atoms with Gasteiger partial charge in [-0.2, -0.15) is 0 Å². The first-order valence-corrected chi connectivity index (χ1v) is 10.6. The third-order valence-corrected chi connectivity index (χ3v) is 5.84. The Labute approximate surface area is 193 Å². The molecule has 0 atom stereocenters. The molecule has 2 amide bonds. The molecule has 0 radical (unpaired) electrons. The van der Waals surface area contributed by atoms with E-state index in [0.717, 1.165) is 16.7 Å². The van der Waals surface area contributed by atoms with E-state index >= 15 is 0 Å². The van der Waals surface area contributed by atoms with Gasteiger partial charge in [-0.15, -0.1) is 0 Å². The quantitative estimate of drug-likeness (QED) is 0.543. The van der Waals surface area contributed by atoms with E-state index in [-0.39, 0.29) is 11.6 Å². The SMILES string of the molecule is COc1ccc(OC)c(NC2=C(c3ccc(C)cc3)C(=O)N(c3ccc(C)c(C)c3)C2=O)c1. The van der Waals surface area contributed by atoms with Gasteiger partial charge in [-0.3, -0.25) is 9.59 Å². The van der Waals surface area contributed by atoms with Crippen LogP contribution < -0.4 is 19.7 Å². The largest absolute Gasteiger partial charge is 0.497 e. The lowest BCUT2D eigenvalue weighted by molar-refractivity contribution is -0.120. The fourth-order valence-corrected chi connectivity index (χ4v) is 3.78. The average Bonchev–Trinajstić information content (AvgIpc) is 3.05. The number of rotatable bonds is 6. The molecule has 3 aromatic rings. The van der Waals surface area contributed by atoms with E-state index in [4.69, 9.17) is 9.47 Å². The molecule has 0 fully saturated rings. The molecule has 0 aliphatic carbocycles. The maximum absolute atomic E-state index is 13.6. The van der Waals surface area contributed by atoms with Gasteiger partial charge in [-0.25, -0.2) is 4.90 Å². The number of hydrogen-bond acceptors (Lipinski definition) is 5. The van der Waals surface area contributed by atoms with Gasteiger partial charge >= 0.3 is 0 Å². The van der Waals surface area contributed by atoms with Crippen LogP contribution in [0.3, 0.4) is 0 Å². The van der Waals surface area contributed by atoms with E-state index in [1.165, 1.54) is 4.90 Å². The molecule has 3 aromatic carbocycles. The number of imide groups is 1. The summed E-state index contributed by atoms with van der Waals surface area (Å²) in [5.74, 6) is 0.315. The van der Waals surface area contributed by atoms with Crippen LogP contribution in [0, 0.1) is 20.8 Å². The lowest BCUT2D eigenvalue weighted by Gasteiger charge is -2.17. The van der Waals surface area contributed by atoms with Crippen LogP contribution in [-0.2, 0) is 9.59 Å². The van der Waals surface area contributed by atoms with E-state index < -0.39 is 5.91 Å². The van der Waals surface area contributed by atoms with Gasteiger partial charge in [0.15, 0.2) is 0 Å². The Morgan fingerprint density at radius 2 is 1.48 bits per heavy atom. The van der Waals surface area contributed by atoms with Crippen LogP contribution in [0.4, 0.5) is 11.4 Å². The van der Waals surface area contributed by atoms with Crippen LogP contribution in [0.2, 0.25) is 0 Å². The molecule has 0 bridgehead atoms. The van der Waals surface area contributed by atoms with E-state index in [1.54, 1.807) is 38.5 Å². The van der Waals surface area contributed by atoms with Gasteiger partial charge in [0.2, 0.25) is 0 Å². The second-order valence-corrected chi connectivity index (χ2v) is 8.02. The molecule has 1 N–H and O–H groups in total. The maximum Gasteiger partial charge on any atom is 0.282 e. The fraction of sp³-hybridized carbons (Fsp3) is 0.185. The lowest BCUT2D eigenvalue weighted by Crippen LogP contribution is -2.32. The van der Waals surface area contributed by atoms with E-state index in [2.05, 4.69) is 5.32 Å². The summed E-state index contributed by atoms with van der Waals surface area (Å²) in [4.78, 5) is 28.5. The molecule has 0 unspecified atom stereocenters. The highest BCUT2D eigenvalue weighted by Gasteiger charge is 2.40. The van der Waals surface area contributed by atoms with Crippen LogP contribution in [0.25, 0.3) is 5.57 Å². The van der Waals surface area contributed by atoms with Gasteiger partial charge < -0.3 is 14.8 Å². The van der Waals surface area contributed by atoms with Gasteiger partial charge in [0.05, 0.1) is 31.2 Å². The van der Waals surface area contributed by atoms with Crippen molar-refractivity contribution in [3.63, 3.8) is 0 Å². The van der Waals surface area contributed by atoms with Gasteiger partial charge in [-0.1, -0.05) is 35.9 Å². The molecule has 0 saturated heterocycles. The van der Waals surface area contributed by atoms with Crippen molar-refractivity contribution in [1.29, 1.82) is 0 Å². The van der Waals surface area contributed by atoms with Gasteiger partial charge in [0.25, 0.3) is 11.8 Å². The highest BCUT2D eigenvalue weighted by molar-refractivity contribution is 6.46. The van der Waals surface area contributed by atoms with Crippen molar-refractivity contribution in [1.82, 2.24) is 0 Å². The number of aryl methyl sites for hydroxylation is 3. The normalized spacial score (nSPS) is 13.5. The third kappa shape index (κ3) is 4.07. The standard InChI is InChI=1S/C27H26N2O4/c1-16-6-9-19(10-7-16)24-25(28-22-15-21(32-4)12-13-23(22)33-5)27(31)29(26(24)30)20-11-8-17(2)18(3)14-20/h6-15,28H,1-5H3. The number of ether oxygens (including phenoxy) is 2. The Kier molecular flexibility index (Phi) is 5.92. The van der Waals surface area contributed by atoms with Crippen molar-refractivity contribution in [2.45, 2.75) is 20.8 Å². The minimum absolute atomic E-state index is 0.189. The number of benzene rings is 3. The topological polar surface area (TPSA) is 67.9 Å². The summed E-state index contributed by atoms with van der Waals surface area (Å²) >= 11 is 0. The highest BCUT2D eigenvalue weighted by Crippen LogP contribution is 2.37. The molecule has 6 heteroatoms. The zero-order valence-corrected chi connectivity index (χ0v) is 19.4. The first-order valence-electron chi connectivity index (χ1n) is 10.6. The van der Waals surface area contributed by atoms with Gasteiger partial charge in [-0.05, 0) is 61.7 Å². The van der Waals surface area contributed by atoms with Crippen molar-refractivity contribution in [2.75, 3.05) is 24.4 Å². The summed E-state index contributed by atoms with van der Waals surface area (Å²) in [6, 6.07) is 18.3. The molecule has 1 heterocycles. The summed E-state index contributed by atoms with van der Waals surface area (Å²) in [7, 11) is 3.11. The Morgan fingerprint density at radius 3 is 2.12 bits per heavy atom. The van der Waals surface area contributed by atoms with Gasteiger partial charge in [0, 0.05) is 6.07 Å². The third-order valence-electron chi connectivity index (χ3n) is 5.84. The fourth-order valence-electron chi connectivity index (χ4n) is 3.78. The molecule has 168 valence electrons. The molecule has 6 nitrogen and oxygen atoms in total. The lowest BCUT2D eigenvalue weighted by atomic mass is 10.0.